The molecule has 7 nitrogen and oxygen atoms in total. The van der Waals surface area contributed by atoms with Gasteiger partial charge in [-0.2, -0.15) is 0 Å². The normalized spacial score (nSPS) is 20.3. The minimum absolute atomic E-state index is 0.0311. The van der Waals surface area contributed by atoms with Gasteiger partial charge in [-0.1, -0.05) is 17.7 Å². The summed E-state index contributed by atoms with van der Waals surface area (Å²) in [5, 5.41) is 0. The van der Waals surface area contributed by atoms with Gasteiger partial charge in [0.25, 0.3) is 0 Å². The van der Waals surface area contributed by atoms with Gasteiger partial charge in [-0.3, -0.25) is 4.79 Å². The first-order valence-electron chi connectivity index (χ1n) is 10.4. The Balaban J connectivity index is 1.70. The van der Waals surface area contributed by atoms with Gasteiger partial charge in [0, 0.05) is 24.9 Å². The largest absolute Gasteiger partial charge is 0.495 e. The number of carbonyl (C=O) groups excluding carboxylic acids is 1. The molecule has 1 fully saturated rings. The average molecular weight is 445 g/mol. The van der Waals surface area contributed by atoms with Crippen molar-refractivity contribution in [3.05, 3.63) is 47.5 Å². The summed E-state index contributed by atoms with van der Waals surface area (Å²) in [6.45, 7) is 6.41. The predicted octanol–water partition coefficient (Wildman–Crippen LogP) is 3.71. The molecule has 2 heterocycles. The Bertz CT molecular complexity index is 1130. The van der Waals surface area contributed by atoms with Gasteiger partial charge < -0.3 is 14.4 Å². The average Bonchev–Trinajstić information content (AvgIpc) is 3.13. The zero-order chi connectivity index (χ0) is 22.4. The van der Waals surface area contributed by atoms with Gasteiger partial charge in [0.15, 0.2) is 0 Å². The van der Waals surface area contributed by atoms with E-state index in [2.05, 4.69) is 4.72 Å². The number of rotatable bonds is 5. The van der Waals surface area contributed by atoms with Gasteiger partial charge in [-0.25, -0.2) is 13.1 Å². The lowest BCUT2D eigenvalue weighted by Crippen LogP contribution is -2.41. The van der Waals surface area contributed by atoms with Crippen LogP contribution in [0, 0.1) is 6.92 Å². The first-order valence-corrected chi connectivity index (χ1v) is 11.9. The van der Waals surface area contributed by atoms with E-state index >= 15 is 0 Å². The molecule has 2 aliphatic rings. The minimum atomic E-state index is -3.86. The van der Waals surface area contributed by atoms with E-state index in [0.717, 1.165) is 17.5 Å². The Morgan fingerprint density at radius 1 is 1.19 bits per heavy atom. The highest BCUT2D eigenvalue weighted by atomic mass is 32.2. The van der Waals surface area contributed by atoms with Crippen molar-refractivity contribution in [2.24, 2.45) is 0 Å². The molecule has 31 heavy (non-hydrogen) atoms. The van der Waals surface area contributed by atoms with Crippen molar-refractivity contribution in [2.45, 2.75) is 56.6 Å². The number of nitrogens with zero attached hydrogens (tertiary/aromatic N) is 1. The SMILES string of the molecule is COc1ccc(S(=O)(=O)N[C@@H]2CC(C)(C)Oc3ccc(C)cc32)cc1N1CCCC1=O. The van der Waals surface area contributed by atoms with E-state index in [1.807, 2.05) is 39.0 Å². The molecule has 2 aromatic rings. The molecule has 0 saturated carbocycles. The van der Waals surface area contributed by atoms with Crippen LogP contribution in [0.4, 0.5) is 5.69 Å². The third-order valence-corrected chi connectivity index (χ3v) is 7.21. The van der Waals surface area contributed by atoms with E-state index < -0.39 is 21.7 Å². The number of ether oxygens (including phenoxy) is 2. The zero-order valence-corrected chi connectivity index (χ0v) is 19.1. The van der Waals surface area contributed by atoms with Crippen LogP contribution in [0.1, 0.15) is 50.3 Å². The van der Waals surface area contributed by atoms with Crippen molar-refractivity contribution < 1.29 is 22.7 Å². The second kappa shape index (κ2) is 7.84. The van der Waals surface area contributed by atoms with Crippen molar-refractivity contribution in [2.75, 3.05) is 18.6 Å². The van der Waals surface area contributed by atoms with Crippen molar-refractivity contribution in [3.8, 4) is 11.5 Å². The summed E-state index contributed by atoms with van der Waals surface area (Å²) in [7, 11) is -2.35. The molecular weight excluding hydrogens is 416 g/mol. The predicted molar refractivity (Wildman–Crippen MR) is 118 cm³/mol. The number of fused-ring (bicyclic) bond motifs is 1. The first kappa shape index (κ1) is 21.6. The van der Waals surface area contributed by atoms with Gasteiger partial charge >= 0.3 is 0 Å². The van der Waals surface area contributed by atoms with Crippen LogP contribution >= 0.6 is 0 Å². The van der Waals surface area contributed by atoms with Crippen LogP contribution in [-0.4, -0.2) is 33.6 Å². The molecular formula is C23H28N2O5S. The number of aryl methyl sites for hydroxylation is 1. The lowest BCUT2D eigenvalue weighted by Gasteiger charge is -2.38. The van der Waals surface area contributed by atoms with Crippen LogP contribution < -0.4 is 19.1 Å². The molecule has 1 atom stereocenters. The van der Waals surface area contributed by atoms with Gasteiger partial charge in [-0.15, -0.1) is 0 Å². The summed E-state index contributed by atoms with van der Waals surface area (Å²) in [6, 6.07) is 9.99. The highest BCUT2D eigenvalue weighted by Crippen LogP contribution is 2.41. The first-order chi connectivity index (χ1) is 14.6. The van der Waals surface area contributed by atoms with Crippen molar-refractivity contribution in [1.82, 2.24) is 4.72 Å². The molecule has 0 aliphatic carbocycles. The Hall–Kier alpha value is -2.58. The second-order valence-corrected chi connectivity index (χ2v) is 10.5. The van der Waals surface area contributed by atoms with Crippen LogP contribution in [0.2, 0.25) is 0 Å². The van der Waals surface area contributed by atoms with Crippen LogP contribution in [-0.2, 0) is 14.8 Å². The van der Waals surface area contributed by atoms with Crippen LogP contribution in [0.3, 0.4) is 0 Å². The summed E-state index contributed by atoms with van der Waals surface area (Å²) in [6.07, 6.45) is 1.69. The van der Waals surface area contributed by atoms with Crippen LogP contribution in [0.15, 0.2) is 41.3 Å². The maximum atomic E-state index is 13.4. The molecule has 0 bridgehead atoms. The molecule has 0 aromatic heterocycles. The molecule has 1 amide bonds. The number of hydrogen-bond donors (Lipinski definition) is 1. The molecule has 1 saturated heterocycles. The summed E-state index contributed by atoms with van der Waals surface area (Å²) >= 11 is 0. The quantitative estimate of drug-likeness (QED) is 0.760. The third kappa shape index (κ3) is 4.27. The zero-order valence-electron chi connectivity index (χ0n) is 18.3. The molecule has 166 valence electrons. The maximum absolute atomic E-state index is 13.4. The monoisotopic (exact) mass is 444 g/mol. The van der Waals surface area contributed by atoms with Crippen LogP contribution in [0.25, 0.3) is 0 Å². The van der Waals surface area contributed by atoms with Crippen molar-refractivity contribution in [3.63, 3.8) is 0 Å². The molecule has 1 N–H and O–H groups in total. The van der Waals surface area contributed by atoms with E-state index in [1.165, 1.54) is 19.2 Å². The van der Waals surface area contributed by atoms with E-state index in [4.69, 9.17) is 9.47 Å². The fourth-order valence-electron chi connectivity index (χ4n) is 4.29. The summed E-state index contributed by atoms with van der Waals surface area (Å²) in [4.78, 5) is 13.9. The lowest BCUT2D eigenvalue weighted by atomic mass is 9.89. The highest BCUT2D eigenvalue weighted by molar-refractivity contribution is 7.89. The number of methoxy groups -OCH3 is 1. The summed E-state index contributed by atoms with van der Waals surface area (Å²) < 4.78 is 41.0. The topological polar surface area (TPSA) is 84.9 Å². The molecule has 2 aromatic carbocycles. The number of nitrogens with one attached hydrogen (secondary N) is 1. The smallest absolute Gasteiger partial charge is 0.241 e. The van der Waals surface area contributed by atoms with Gasteiger partial charge in [0.1, 0.15) is 17.1 Å². The van der Waals surface area contributed by atoms with Crippen LogP contribution in [0.5, 0.6) is 11.5 Å². The number of anilines is 1. The molecule has 0 spiro atoms. The van der Waals surface area contributed by atoms with E-state index in [1.54, 1.807) is 11.0 Å². The van der Waals surface area contributed by atoms with Gasteiger partial charge in [-0.05, 0) is 51.5 Å². The molecule has 0 unspecified atom stereocenters. The number of sulfonamides is 1. The number of hydrogen-bond acceptors (Lipinski definition) is 5. The minimum Gasteiger partial charge on any atom is -0.495 e. The fourth-order valence-corrected chi connectivity index (χ4v) is 5.52. The number of amides is 1. The van der Waals surface area contributed by atoms with Crippen molar-refractivity contribution in [1.29, 1.82) is 0 Å². The number of carbonyl (C=O) groups is 1. The highest BCUT2D eigenvalue weighted by Gasteiger charge is 2.36. The maximum Gasteiger partial charge on any atom is 0.241 e. The Morgan fingerprint density at radius 2 is 1.97 bits per heavy atom. The van der Waals surface area contributed by atoms with E-state index in [-0.39, 0.29) is 10.8 Å². The van der Waals surface area contributed by atoms with E-state index in [9.17, 15) is 13.2 Å². The molecule has 4 rings (SSSR count). The fraction of sp³-hybridized carbons (Fsp3) is 0.435. The molecule has 2 aliphatic heterocycles. The molecule has 0 radical (unpaired) electrons. The Kier molecular flexibility index (Phi) is 5.47. The summed E-state index contributed by atoms with van der Waals surface area (Å²) in [5.74, 6) is 1.13. The Labute approximate surface area is 183 Å². The molecule has 8 heteroatoms. The second-order valence-electron chi connectivity index (χ2n) is 8.76. The number of benzene rings is 2. The Morgan fingerprint density at radius 3 is 2.65 bits per heavy atom. The van der Waals surface area contributed by atoms with E-state index in [0.29, 0.717) is 36.6 Å². The van der Waals surface area contributed by atoms with Crippen molar-refractivity contribution >= 4 is 21.6 Å². The standard InChI is InChI=1S/C23H28N2O5S/c1-15-7-9-20-17(12-15)18(14-23(2,3)30-20)24-31(27,28)16-8-10-21(29-4)19(13-16)25-11-5-6-22(25)26/h7-10,12-13,18,24H,5-6,11,14H2,1-4H3/t18-/m1/s1. The summed E-state index contributed by atoms with van der Waals surface area (Å²) in [5.41, 5.74) is 1.83. The van der Waals surface area contributed by atoms with Gasteiger partial charge in [0.2, 0.25) is 15.9 Å². The third-order valence-electron chi connectivity index (χ3n) is 5.74. The lowest BCUT2D eigenvalue weighted by molar-refractivity contribution is -0.117. The van der Waals surface area contributed by atoms with Gasteiger partial charge in [0.05, 0.1) is 23.7 Å².